The number of benzene rings is 1. The van der Waals surface area contributed by atoms with Gasteiger partial charge in [0.1, 0.15) is 22.7 Å². The van der Waals surface area contributed by atoms with Crippen LogP contribution < -0.4 is 5.32 Å². The molecule has 4 rings (SSSR count). The Labute approximate surface area is 156 Å². The van der Waals surface area contributed by atoms with Crippen molar-refractivity contribution in [1.29, 1.82) is 0 Å². The first kappa shape index (κ1) is 16.7. The van der Waals surface area contributed by atoms with E-state index in [4.69, 9.17) is 4.52 Å². The summed E-state index contributed by atoms with van der Waals surface area (Å²) in [5.74, 6) is 1.60. The van der Waals surface area contributed by atoms with Crippen LogP contribution in [-0.4, -0.2) is 15.1 Å². The predicted octanol–water partition coefficient (Wildman–Crippen LogP) is 5.26. The summed E-state index contributed by atoms with van der Waals surface area (Å²) in [6.07, 6.45) is 1.60. The molecule has 1 aromatic carbocycles. The lowest BCUT2D eigenvalue weighted by atomic mass is 9.87. The number of rotatable bonds is 4. The van der Waals surface area contributed by atoms with E-state index in [1.165, 1.54) is 5.56 Å². The Morgan fingerprint density at radius 2 is 1.92 bits per heavy atom. The highest BCUT2D eigenvalue weighted by Gasteiger charge is 2.21. The van der Waals surface area contributed by atoms with E-state index in [0.717, 1.165) is 33.1 Å². The molecule has 0 saturated heterocycles. The zero-order valence-corrected chi connectivity index (χ0v) is 15.8. The van der Waals surface area contributed by atoms with E-state index in [2.05, 4.69) is 46.6 Å². The summed E-state index contributed by atoms with van der Waals surface area (Å²) >= 11 is 1.65. The van der Waals surface area contributed by atoms with Crippen molar-refractivity contribution >= 4 is 27.4 Å². The van der Waals surface area contributed by atoms with E-state index >= 15 is 0 Å². The number of nitrogens with one attached hydrogen (secondary N) is 1. The van der Waals surface area contributed by atoms with Gasteiger partial charge in [0, 0.05) is 11.6 Å². The van der Waals surface area contributed by atoms with Gasteiger partial charge < -0.3 is 9.84 Å². The van der Waals surface area contributed by atoms with Crippen LogP contribution in [0.4, 0.5) is 5.82 Å². The van der Waals surface area contributed by atoms with Crippen LogP contribution in [0.5, 0.6) is 0 Å². The van der Waals surface area contributed by atoms with Crippen molar-refractivity contribution in [1.82, 2.24) is 15.1 Å². The van der Waals surface area contributed by atoms with Crippen molar-refractivity contribution in [3.05, 3.63) is 59.4 Å². The lowest BCUT2D eigenvalue weighted by Crippen LogP contribution is -2.11. The van der Waals surface area contributed by atoms with Crippen LogP contribution in [0.25, 0.3) is 21.5 Å². The number of nitrogens with zero attached hydrogens (tertiary/aromatic N) is 3. The molecule has 6 heteroatoms. The molecule has 0 fully saturated rings. The molecule has 26 heavy (non-hydrogen) atoms. The predicted molar refractivity (Wildman–Crippen MR) is 105 cm³/mol. The monoisotopic (exact) mass is 364 g/mol. The van der Waals surface area contributed by atoms with E-state index in [-0.39, 0.29) is 5.41 Å². The lowest BCUT2D eigenvalue weighted by Gasteiger charge is -2.18. The maximum atomic E-state index is 5.48. The number of fused-ring (bicyclic) bond motifs is 1. The molecule has 0 aliphatic carbocycles. The number of thiophene rings is 1. The highest BCUT2D eigenvalue weighted by Crippen LogP contribution is 2.37. The van der Waals surface area contributed by atoms with Gasteiger partial charge in [0.25, 0.3) is 0 Å². The van der Waals surface area contributed by atoms with Gasteiger partial charge in [-0.3, -0.25) is 0 Å². The molecule has 0 radical (unpaired) electrons. The Kier molecular flexibility index (Phi) is 4.20. The van der Waals surface area contributed by atoms with Gasteiger partial charge in [-0.15, -0.1) is 11.3 Å². The third-order valence-corrected chi connectivity index (χ3v) is 5.12. The van der Waals surface area contributed by atoms with Gasteiger partial charge >= 0.3 is 0 Å². The molecular formula is C20H20N4OS. The first-order chi connectivity index (χ1) is 12.5. The van der Waals surface area contributed by atoms with Crippen LogP contribution >= 0.6 is 11.3 Å². The average molecular weight is 364 g/mol. The minimum absolute atomic E-state index is 0.0338. The van der Waals surface area contributed by atoms with Crippen molar-refractivity contribution in [3.8, 4) is 11.3 Å². The molecule has 3 heterocycles. The Hall–Kier alpha value is -2.73. The Morgan fingerprint density at radius 1 is 1.12 bits per heavy atom. The van der Waals surface area contributed by atoms with Gasteiger partial charge in [0.05, 0.1) is 11.9 Å². The quantitative estimate of drug-likeness (QED) is 0.535. The minimum atomic E-state index is 0.0338. The fourth-order valence-corrected chi connectivity index (χ4v) is 4.01. The smallest absolute Gasteiger partial charge is 0.156 e. The van der Waals surface area contributed by atoms with Crippen LogP contribution in [0.15, 0.2) is 52.6 Å². The zero-order valence-electron chi connectivity index (χ0n) is 15.0. The maximum absolute atomic E-state index is 5.48. The Morgan fingerprint density at radius 3 is 2.69 bits per heavy atom. The second-order valence-corrected chi connectivity index (χ2v) is 8.06. The van der Waals surface area contributed by atoms with E-state index in [1.807, 2.05) is 36.4 Å². The molecule has 0 spiro atoms. The summed E-state index contributed by atoms with van der Waals surface area (Å²) in [6.45, 7) is 7.13. The average Bonchev–Trinajstić information content (AvgIpc) is 3.27. The molecule has 0 aliphatic rings. The summed E-state index contributed by atoms with van der Waals surface area (Å²) in [5, 5.41) is 10.8. The third-order valence-electron chi connectivity index (χ3n) is 4.24. The largest absolute Gasteiger partial charge is 0.362 e. The highest BCUT2D eigenvalue weighted by atomic mass is 32.1. The fourth-order valence-electron chi connectivity index (χ4n) is 2.87. The highest BCUT2D eigenvalue weighted by molar-refractivity contribution is 7.17. The van der Waals surface area contributed by atoms with Crippen molar-refractivity contribution in [3.63, 3.8) is 0 Å². The fraction of sp³-hybridized carbons (Fsp3) is 0.250. The van der Waals surface area contributed by atoms with Crippen LogP contribution in [0.3, 0.4) is 0 Å². The molecule has 5 nitrogen and oxygen atoms in total. The second-order valence-electron chi connectivity index (χ2n) is 7.20. The molecule has 0 saturated carbocycles. The van der Waals surface area contributed by atoms with Gasteiger partial charge in [-0.2, -0.15) is 0 Å². The summed E-state index contributed by atoms with van der Waals surface area (Å²) in [7, 11) is 0. The molecular weight excluding hydrogens is 344 g/mol. The van der Waals surface area contributed by atoms with E-state index in [0.29, 0.717) is 6.54 Å². The molecule has 132 valence electrons. The molecule has 0 unspecified atom stereocenters. The standard InChI is InChI=1S/C20H20N4OS/c1-20(2,3)15-11-26-19-17(15)18(22-12-23-19)21-10-14-9-16(24-25-14)13-7-5-4-6-8-13/h4-9,11-12H,10H2,1-3H3,(H,21,22,23). The minimum Gasteiger partial charge on any atom is -0.362 e. The van der Waals surface area contributed by atoms with Gasteiger partial charge in [-0.25, -0.2) is 9.97 Å². The molecule has 0 amide bonds. The van der Waals surface area contributed by atoms with Gasteiger partial charge in [0.15, 0.2) is 5.76 Å². The number of anilines is 1. The summed E-state index contributed by atoms with van der Waals surface area (Å²) in [6, 6.07) is 12.0. The summed E-state index contributed by atoms with van der Waals surface area (Å²) in [5.41, 5.74) is 3.16. The molecule has 3 aromatic heterocycles. The van der Waals surface area contributed by atoms with Crippen molar-refractivity contribution in [2.75, 3.05) is 5.32 Å². The van der Waals surface area contributed by atoms with Crippen molar-refractivity contribution in [2.24, 2.45) is 0 Å². The topological polar surface area (TPSA) is 63.8 Å². The zero-order chi connectivity index (χ0) is 18.1. The Bertz CT molecular complexity index is 1030. The van der Waals surface area contributed by atoms with E-state index in [1.54, 1.807) is 17.7 Å². The van der Waals surface area contributed by atoms with Crippen molar-refractivity contribution < 1.29 is 4.52 Å². The van der Waals surface area contributed by atoms with Crippen LogP contribution in [0, 0.1) is 0 Å². The van der Waals surface area contributed by atoms with Gasteiger partial charge in [0.2, 0.25) is 0 Å². The Balaban J connectivity index is 1.59. The summed E-state index contributed by atoms with van der Waals surface area (Å²) in [4.78, 5) is 9.86. The van der Waals surface area contributed by atoms with Crippen LogP contribution in [0.2, 0.25) is 0 Å². The first-order valence-electron chi connectivity index (χ1n) is 8.50. The van der Waals surface area contributed by atoms with Crippen LogP contribution in [-0.2, 0) is 12.0 Å². The SMILES string of the molecule is CC(C)(C)c1csc2ncnc(NCc3cc(-c4ccccc4)no3)c12. The number of hydrogen-bond donors (Lipinski definition) is 1. The molecule has 0 bridgehead atoms. The molecule has 4 aromatic rings. The van der Waals surface area contributed by atoms with Crippen LogP contribution in [0.1, 0.15) is 32.1 Å². The normalized spacial score (nSPS) is 11.8. The summed E-state index contributed by atoms with van der Waals surface area (Å²) < 4.78 is 5.48. The molecule has 1 N–H and O–H groups in total. The van der Waals surface area contributed by atoms with E-state index < -0.39 is 0 Å². The molecule has 0 aliphatic heterocycles. The third kappa shape index (κ3) is 3.20. The van der Waals surface area contributed by atoms with Crippen molar-refractivity contribution in [2.45, 2.75) is 32.7 Å². The number of hydrogen-bond acceptors (Lipinski definition) is 6. The maximum Gasteiger partial charge on any atom is 0.156 e. The lowest BCUT2D eigenvalue weighted by molar-refractivity contribution is 0.390. The molecule has 0 atom stereocenters. The van der Waals surface area contributed by atoms with Gasteiger partial charge in [-0.1, -0.05) is 56.3 Å². The van der Waals surface area contributed by atoms with Gasteiger partial charge in [-0.05, 0) is 16.4 Å². The second kappa shape index (κ2) is 6.53. The van der Waals surface area contributed by atoms with E-state index in [9.17, 15) is 0 Å². The first-order valence-corrected chi connectivity index (χ1v) is 9.38. The number of aromatic nitrogens is 3.